The van der Waals surface area contributed by atoms with Gasteiger partial charge in [0.15, 0.2) is 11.5 Å². The molecule has 0 aliphatic heterocycles. The van der Waals surface area contributed by atoms with Crippen molar-refractivity contribution in [3.05, 3.63) is 24.4 Å². The van der Waals surface area contributed by atoms with E-state index in [9.17, 15) is 0 Å². The lowest BCUT2D eigenvalue weighted by Crippen LogP contribution is -1.98. The first-order valence-electron chi connectivity index (χ1n) is 6.04. The minimum Gasteiger partial charge on any atom is -0.493 e. The van der Waals surface area contributed by atoms with E-state index in [-0.39, 0.29) is 0 Å². The van der Waals surface area contributed by atoms with Gasteiger partial charge in [-0.25, -0.2) is 9.97 Å². The largest absolute Gasteiger partial charge is 0.493 e. The van der Waals surface area contributed by atoms with Crippen LogP contribution < -0.4 is 19.5 Å². The van der Waals surface area contributed by atoms with Gasteiger partial charge in [0, 0.05) is 18.8 Å². The lowest BCUT2D eigenvalue weighted by molar-refractivity contribution is 0.324. The summed E-state index contributed by atoms with van der Waals surface area (Å²) in [6, 6.07) is 5.52. The van der Waals surface area contributed by atoms with E-state index in [0.29, 0.717) is 23.2 Å². The predicted molar refractivity (Wildman–Crippen MR) is 76.7 cm³/mol. The van der Waals surface area contributed by atoms with E-state index in [4.69, 9.17) is 14.2 Å². The Labute approximate surface area is 117 Å². The number of nitrogens with one attached hydrogen (secondary N) is 1. The molecule has 0 spiro atoms. The summed E-state index contributed by atoms with van der Waals surface area (Å²) in [5.41, 5.74) is 1.63. The molecule has 0 aliphatic rings. The second-order valence-electron chi connectivity index (χ2n) is 3.93. The van der Waals surface area contributed by atoms with Gasteiger partial charge in [0.1, 0.15) is 0 Å². The molecule has 0 radical (unpaired) electrons. The smallest absolute Gasteiger partial charge is 0.222 e. The topological polar surface area (TPSA) is 65.5 Å². The van der Waals surface area contributed by atoms with Gasteiger partial charge in [0.25, 0.3) is 0 Å². The molecule has 1 aromatic carbocycles. The third-order valence-electron chi connectivity index (χ3n) is 2.84. The van der Waals surface area contributed by atoms with Gasteiger partial charge in [0.2, 0.25) is 11.7 Å². The number of nitrogens with zero attached hydrogens (tertiary/aromatic N) is 2. The summed E-state index contributed by atoms with van der Waals surface area (Å²) < 4.78 is 16.0. The molecule has 0 saturated heterocycles. The minimum absolute atomic E-state index is 0.552. The fraction of sp³-hybridized carbons (Fsp3) is 0.286. The van der Waals surface area contributed by atoms with Crippen LogP contribution in [0.3, 0.4) is 0 Å². The molecular weight excluding hydrogens is 258 g/mol. The first-order chi connectivity index (χ1) is 9.73. The zero-order valence-corrected chi connectivity index (χ0v) is 11.9. The summed E-state index contributed by atoms with van der Waals surface area (Å²) in [6.45, 7) is 0. The van der Waals surface area contributed by atoms with Crippen molar-refractivity contribution in [1.82, 2.24) is 9.97 Å². The molecule has 6 heteroatoms. The molecule has 0 atom stereocenters. The Kier molecular flexibility index (Phi) is 4.24. The van der Waals surface area contributed by atoms with Gasteiger partial charge in [-0.2, -0.15) is 0 Å². The van der Waals surface area contributed by atoms with Crippen LogP contribution in [0.5, 0.6) is 17.2 Å². The molecule has 0 unspecified atom stereocenters. The van der Waals surface area contributed by atoms with Gasteiger partial charge < -0.3 is 19.5 Å². The summed E-state index contributed by atoms with van der Waals surface area (Å²) >= 11 is 0. The van der Waals surface area contributed by atoms with Gasteiger partial charge >= 0.3 is 0 Å². The molecular formula is C14H17N3O3. The van der Waals surface area contributed by atoms with Crippen LogP contribution in [0.2, 0.25) is 0 Å². The Morgan fingerprint density at radius 2 is 1.65 bits per heavy atom. The molecule has 6 nitrogen and oxygen atoms in total. The van der Waals surface area contributed by atoms with Crippen molar-refractivity contribution in [2.45, 2.75) is 0 Å². The lowest BCUT2D eigenvalue weighted by atomic mass is 10.1. The third-order valence-corrected chi connectivity index (χ3v) is 2.84. The maximum Gasteiger partial charge on any atom is 0.222 e. The molecule has 0 bridgehead atoms. The van der Waals surface area contributed by atoms with E-state index >= 15 is 0 Å². The van der Waals surface area contributed by atoms with Crippen molar-refractivity contribution in [1.29, 1.82) is 0 Å². The number of aromatic nitrogens is 2. The quantitative estimate of drug-likeness (QED) is 0.902. The molecule has 0 aliphatic carbocycles. The van der Waals surface area contributed by atoms with E-state index in [1.165, 1.54) is 0 Å². The summed E-state index contributed by atoms with van der Waals surface area (Å²) in [7, 11) is 6.51. The fourth-order valence-corrected chi connectivity index (χ4v) is 1.87. The average molecular weight is 275 g/mol. The molecule has 2 aromatic rings. The molecule has 1 heterocycles. The van der Waals surface area contributed by atoms with Gasteiger partial charge in [-0.05, 0) is 18.2 Å². The Morgan fingerprint density at radius 3 is 2.15 bits per heavy atom. The van der Waals surface area contributed by atoms with Gasteiger partial charge in [-0.3, -0.25) is 0 Å². The van der Waals surface area contributed by atoms with Crippen LogP contribution in [0.15, 0.2) is 24.4 Å². The molecule has 0 amide bonds. The van der Waals surface area contributed by atoms with E-state index in [1.807, 2.05) is 18.2 Å². The molecule has 2 rings (SSSR count). The number of benzene rings is 1. The highest BCUT2D eigenvalue weighted by Gasteiger charge is 2.14. The highest BCUT2D eigenvalue weighted by Crippen LogP contribution is 2.40. The predicted octanol–water partition coefficient (Wildman–Crippen LogP) is 2.21. The Hall–Kier alpha value is -2.50. The fourth-order valence-electron chi connectivity index (χ4n) is 1.87. The van der Waals surface area contributed by atoms with E-state index < -0.39 is 0 Å². The van der Waals surface area contributed by atoms with Crippen LogP contribution in [0.4, 0.5) is 5.95 Å². The molecule has 0 saturated carbocycles. The number of hydrogen-bond acceptors (Lipinski definition) is 6. The van der Waals surface area contributed by atoms with Crippen LogP contribution >= 0.6 is 0 Å². The van der Waals surface area contributed by atoms with Crippen molar-refractivity contribution in [2.24, 2.45) is 0 Å². The lowest BCUT2D eigenvalue weighted by Gasteiger charge is -2.14. The zero-order chi connectivity index (χ0) is 14.5. The number of anilines is 1. The zero-order valence-electron chi connectivity index (χ0n) is 11.9. The third kappa shape index (κ3) is 2.59. The van der Waals surface area contributed by atoms with Crippen LogP contribution in [0, 0.1) is 0 Å². The van der Waals surface area contributed by atoms with Crippen molar-refractivity contribution in [3.8, 4) is 28.5 Å². The molecule has 20 heavy (non-hydrogen) atoms. The van der Waals surface area contributed by atoms with Crippen LogP contribution in [-0.2, 0) is 0 Å². The average Bonchev–Trinajstić information content (AvgIpc) is 2.53. The summed E-state index contributed by atoms with van der Waals surface area (Å²) in [5.74, 6) is 2.29. The van der Waals surface area contributed by atoms with E-state index in [2.05, 4.69) is 15.3 Å². The van der Waals surface area contributed by atoms with Gasteiger partial charge in [-0.15, -0.1) is 0 Å². The number of methoxy groups -OCH3 is 3. The molecule has 1 aromatic heterocycles. The van der Waals surface area contributed by atoms with Crippen molar-refractivity contribution >= 4 is 5.95 Å². The first kappa shape index (κ1) is 13.9. The first-order valence-corrected chi connectivity index (χ1v) is 6.04. The SMILES string of the molecule is CNc1nccc(-c2cc(OC)c(OC)c(OC)c2)n1. The monoisotopic (exact) mass is 275 g/mol. The number of ether oxygens (including phenoxy) is 3. The highest BCUT2D eigenvalue weighted by molar-refractivity contribution is 5.69. The van der Waals surface area contributed by atoms with Gasteiger partial charge in [-0.1, -0.05) is 0 Å². The minimum atomic E-state index is 0.552. The summed E-state index contributed by atoms with van der Waals surface area (Å²) in [5, 5.41) is 2.91. The number of rotatable bonds is 5. The molecule has 1 N–H and O–H groups in total. The second-order valence-corrected chi connectivity index (χ2v) is 3.93. The van der Waals surface area contributed by atoms with Crippen LogP contribution in [-0.4, -0.2) is 38.3 Å². The van der Waals surface area contributed by atoms with Crippen LogP contribution in [0.25, 0.3) is 11.3 Å². The standard InChI is InChI=1S/C14H17N3O3/c1-15-14-16-6-5-10(17-14)9-7-11(18-2)13(20-4)12(8-9)19-3/h5-8H,1-4H3,(H,15,16,17). The summed E-state index contributed by atoms with van der Waals surface area (Å²) in [4.78, 5) is 8.49. The maximum atomic E-state index is 5.33. The highest BCUT2D eigenvalue weighted by atomic mass is 16.5. The number of hydrogen-bond donors (Lipinski definition) is 1. The van der Waals surface area contributed by atoms with Crippen LogP contribution in [0.1, 0.15) is 0 Å². The Bertz CT molecular complexity index is 577. The van der Waals surface area contributed by atoms with E-state index in [0.717, 1.165) is 11.3 Å². The summed E-state index contributed by atoms with van der Waals surface area (Å²) in [6.07, 6.45) is 1.69. The van der Waals surface area contributed by atoms with Crippen molar-refractivity contribution < 1.29 is 14.2 Å². The Balaban J connectivity index is 2.56. The molecule has 106 valence electrons. The molecule has 0 fully saturated rings. The second kappa shape index (κ2) is 6.10. The Morgan fingerprint density at radius 1 is 1.00 bits per heavy atom. The normalized spacial score (nSPS) is 10.0. The van der Waals surface area contributed by atoms with Gasteiger partial charge in [0.05, 0.1) is 27.0 Å². The van der Waals surface area contributed by atoms with Crippen molar-refractivity contribution in [2.75, 3.05) is 33.7 Å². The maximum absolute atomic E-state index is 5.33. The van der Waals surface area contributed by atoms with E-state index in [1.54, 1.807) is 34.6 Å². The van der Waals surface area contributed by atoms with Crippen molar-refractivity contribution in [3.63, 3.8) is 0 Å².